The Hall–Kier alpha value is 0.230. The fourth-order valence-corrected chi connectivity index (χ4v) is 0. The standard InChI is InChI=1S/C2H8O3S/c1-2-6(3,4)5/h3-5H,2H2,1H3. The lowest BCUT2D eigenvalue weighted by Crippen LogP contribution is -1.95. The topological polar surface area (TPSA) is 60.7 Å². The molecule has 0 heterocycles. The van der Waals surface area contributed by atoms with Crippen LogP contribution < -0.4 is 0 Å². The van der Waals surface area contributed by atoms with Gasteiger partial charge in [0, 0.05) is 5.75 Å². The average Bonchev–Trinajstić information content (AvgIpc) is 1.35. The minimum absolute atomic E-state index is 0.0208. The number of rotatable bonds is 1. The summed E-state index contributed by atoms with van der Waals surface area (Å²) in [7, 11) is -3.16. The monoisotopic (exact) mass is 112 g/mol. The molecule has 0 saturated heterocycles. The second kappa shape index (κ2) is 1.79. The minimum Gasteiger partial charge on any atom is -0.308 e. The van der Waals surface area contributed by atoms with E-state index in [1.165, 1.54) is 6.92 Å². The Kier molecular flexibility index (Phi) is 1.86. The first-order chi connectivity index (χ1) is 2.56. The predicted molar refractivity (Wildman–Crippen MR) is 26.0 cm³/mol. The van der Waals surface area contributed by atoms with Crippen molar-refractivity contribution in [3.63, 3.8) is 0 Å². The molecule has 6 heavy (non-hydrogen) atoms. The molecule has 40 valence electrons. The Morgan fingerprint density at radius 3 is 1.50 bits per heavy atom. The van der Waals surface area contributed by atoms with Gasteiger partial charge in [0.05, 0.1) is 10.9 Å². The molecule has 0 aliphatic carbocycles. The maximum atomic E-state index is 8.02. The van der Waals surface area contributed by atoms with Crippen LogP contribution >= 0.6 is 10.9 Å². The fraction of sp³-hybridized carbons (Fsp3) is 1.00. The summed E-state index contributed by atoms with van der Waals surface area (Å²) in [6.45, 7) is 1.50. The SMILES string of the molecule is CCS(O)(O)O. The summed E-state index contributed by atoms with van der Waals surface area (Å²) in [5.41, 5.74) is 0. The van der Waals surface area contributed by atoms with E-state index in [0.717, 1.165) is 0 Å². The van der Waals surface area contributed by atoms with E-state index >= 15 is 0 Å². The highest BCUT2D eigenvalue weighted by atomic mass is 32.3. The van der Waals surface area contributed by atoms with Gasteiger partial charge in [-0.25, -0.2) is 0 Å². The van der Waals surface area contributed by atoms with Crippen molar-refractivity contribution in [1.29, 1.82) is 0 Å². The minimum atomic E-state index is -3.16. The lowest BCUT2D eigenvalue weighted by molar-refractivity contribution is 0.378. The highest BCUT2D eigenvalue weighted by molar-refractivity contribution is 8.19. The lowest BCUT2D eigenvalue weighted by atomic mass is 11.0. The van der Waals surface area contributed by atoms with Crippen molar-refractivity contribution >= 4 is 10.9 Å². The molecule has 3 nitrogen and oxygen atoms in total. The molecule has 0 radical (unpaired) electrons. The van der Waals surface area contributed by atoms with Crippen LogP contribution in [-0.2, 0) is 0 Å². The molecule has 0 unspecified atom stereocenters. The predicted octanol–water partition coefficient (Wildman–Crippen LogP) is 1.23. The van der Waals surface area contributed by atoms with Crippen LogP contribution in [0.2, 0.25) is 0 Å². The van der Waals surface area contributed by atoms with Crippen LogP contribution in [0, 0.1) is 0 Å². The van der Waals surface area contributed by atoms with Gasteiger partial charge in [-0.2, -0.15) is 0 Å². The smallest absolute Gasteiger partial charge is 0.0807 e. The van der Waals surface area contributed by atoms with Gasteiger partial charge in [-0.15, -0.1) is 0 Å². The molecule has 0 aromatic heterocycles. The summed E-state index contributed by atoms with van der Waals surface area (Å²) in [5.74, 6) is 0.0208. The lowest BCUT2D eigenvalue weighted by Gasteiger charge is -2.14. The highest BCUT2D eigenvalue weighted by Gasteiger charge is 2.03. The summed E-state index contributed by atoms with van der Waals surface area (Å²) < 4.78 is 24.1. The van der Waals surface area contributed by atoms with Crippen molar-refractivity contribution in [2.24, 2.45) is 0 Å². The van der Waals surface area contributed by atoms with Crippen LogP contribution in [0.1, 0.15) is 6.92 Å². The molecule has 0 saturated carbocycles. The Morgan fingerprint density at radius 2 is 1.50 bits per heavy atom. The van der Waals surface area contributed by atoms with Crippen LogP contribution in [0.5, 0.6) is 0 Å². The molecular formula is C2H8O3S. The van der Waals surface area contributed by atoms with E-state index in [1.54, 1.807) is 0 Å². The average molecular weight is 112 g/mol. The van der Waals surface area contributed by atoms with Crippen LogP contribution in [-0.4, -0.2) is 19.4 Å². The van der Waals surface area contributed by atoms with Crippen molar-refractivity contribution in [3.05, 3.63) is 0 Å². The van der Waals surface area contributed by atoms with E-state index in [2.05, 4.69) is 0 Å². The maximum Gasteiger partial charge on any atom is 0.0807 e. The van der Waals surface area contributed by atoms with Crippen molar-refractivity contribution in [2.75, 3.05) is 5.75 Å². The highest BCUT2D eigenvalue weighted by Crippen LogP contribution is 2.30. The Bertz CT molecular complexity index is 38.5. The summed E-state index contributed by atoms with van der Waals surface area (Å²) in [6.07, 6.45) is 0. The third-order valence-electron chi connectivity index (χ3n) is 0.387. The molecule has 0 aliphatic rings. The van der Waals surface area contributed by atoms with E-state index in [0.29, 0.717) is 0 Å². The van der Waals surface area contributed by atoms with E-state index in [4.69, 9.17) is 13.7 Å². The molecule has 0 amide bonds. The largest absolute Gasteiger partial charge is 0.308 e. The number of hydrogen-bond acceptors (Lipinski definition) is 3. The zero-order valence-electron chi connectivity index (χ0n) is 3.46. The van der Waals surface area contributed by atoms with Gasteiger partial charge in [-0.1, -0.05) is 6.92 Å². The first kappa shape index (κ1) is 6.23. The molecule has 3 N–H and O–H groups in total. The summed E-state index contributed by atoms with van der Waals surface area (Å²) in [5, 5.41) is 0. The third-order valence-corrected chi connectivity index (χ3v) is 1.16. The zero-order valence-corrected chi connectivity index (χ0v) is 4.27. The van der Waals surface area contributed by atoms with Crippen LogP contribution in [0.4, 0.5) is 0 Å². The van der Waals surface area contributed by atoms with Gasteiger partial charge in [-0.3, -0.25) is 0 Å². The summed E-state index contributed by atoms with van der Waals surface area (Å²) >= 11 is 0. The van der Waals surface area contributed by atoms with Gasteiger partial charge < -0.3 is 13.7 Å². The summed E-state index contributed by atoms with van der Waals surface area (Å²) in [6, 6.07) is 0. The molecule has 0 bridgehead atoms. The van der Waals surface area contributed by atoms with Gasteiger partial charge in [0.1, 0.15) is 0 Å². The second-order valence-electron chi connectivity index (χ2n) is 0.921. The zero-order chi connectivity index (χ0) is 5.21. The van der Waals surface area contributed by atoms with E-state index in [9.17, 15) is 0 Å². The molecule has 4 heteroatoms. The Labute approximate surface area is 38.2 Å². The van der Waals surface area contributed by atoms with E-state index in [-0.39, 0.29) is 5.75 Å². The molecule has 0 atom stereocenters. The van der Waals surface area contributed by atoms with Gasteiger partial charge in [0.25, 0.3) is 0 Å². The fourth-order valence-electron chi connectivity index (χ4n) is 0. The summed E-state index contributed by atoms with van der Waals surface area (Å²) in [4.78, 5) is 0. The maximum absolute atomic E-state index is 8.02. The first-order valence-corrected chi connectivity index (χ1v) is 3.22. The molecule has 0 aromatic rings. The quantitative estimate of drug-likeness (QED) is 0.478. The van der Waals surface area contributed by atoms with E-state index in [1.807, 2.05) is 0 Å². The van der Waals surface area contributed by atoms with Crippen molar-refractivity contribution in [3.8, 4) is 0 Å². The van der Waals surface area contributed by atoms with Crippen LogP contribution in [0.25, 0.3) is 0 Å². The van der Waals surface area contributed by atoms with Gasteiger partial charge >= 0.3 is 0 Å². The van der Waals surface area contributed by atoms with E-state index < -0.39 is 10.9 Å². The van der Waals surface area contributed by atoms with Gasteiger partial charge in [-0.05, 0) is 0 Å². The first-order valence-electron chi connectivity index (χ1n) is 1.54. The molecule has 0 spiro atoms. The molecule has 0 rings (SSSR count). The van der Waals surface area contributed by atoms with Gasteiger partial charge in [0.15, 0.2) is 0 Å². The number of hydrogen-bond donors (Lipinski definition) is 3. The van der Waals surface area contributed by atoms with Crippen LogP contribution in [0.3, 0.4) is 0 Å². The third kappa shape index (κ3) is 4.23. The molecule has 0 fully saturated rings. The Morgan fingerprint density at radius 1 is 1.33 bits per heavy atom. The van der Waals surface area contributed by atoms with Crippen LogP contribution in [0.15, 0.2) is 0 Å². The van der Waals surface area contributed by atoms with Crippen molar-refractivity contribution in [2.45, 2.75) is 6.92 Å². The normalized spacial score (nSPS) is 14.7. The van der Waals surface area contributed by atoms with Crippen molar-refractivity contribution in [1.82, 2.24) is 0 Å². The second-order valence-corrected chi connectivity index (χ2v) is 2.76. The molecule has 0 aromatic carbocycles. The Balaban J connectivity index is 3.17. The molecular weight excluding hydrogens is 104 g/mol. The molecule has 0 aliphatic heterocycles. The van der Waals surface area contributed by atoms with Crippen molar-refractivity contribution < 1.29 is 13.7 Å². The van der Waals surface area contributed by atoms with Gasteiger partial charge in [0.2, 0.25) is 0 Å².